The number of halogens is 4. The van der Waals surface area contributed by atoms with Crippen LogP contribution in [0.25, 0.3) is 6.08 Å². The molecule has 8 heteroatoms. The minimum Gasteiger partial charge on any atom is -0.494 e. The minimum absolute atomic E-state index is 0.0779. The Morgan fingerprint density at radius 3 is 2.67 bits per heavy atom. The number of rotatable bonds is 3. The molecule has 0 aromatic heterocycles. The highest BCUT2D eigenvalue weighted by Crippen LogP contribution is 2.42. The summed E-state index contributed by atoms with van der Waals surface area (Å²) in [7, 11) is 0. The van der Waals surface area contributed by atoms with E-state index in [1.54, 1.807) is 6.92 Å². The van der Waals surface area contributed by atoms with Crippen molar-refractivity contribution < 1.29 is 32.5 Å². The highest BCUT2D eigenvalue weighted by molar-refractivity contribution is 6.32. The van der Waals surface area contributed by atoms with Gasteiger partial charge in [-0.25, -0.2) is 4.79 Å². The van der Waals surface area contributed by atoms with Gasteiger partial charge in [-0.15, -0.1) is 0 Å². The van der Waals surface area contributed by atoms with Gasteiger partial charge in [-0.05, 0) is 19.1 Å². The van der Waals surface area contributed by atoms with Gasteiger partial charge in [-0.2, -0.15) is 13.2 Å². The highest BCUT2D eigenvalue weighted by Gasteiger charge is 2.48. The van der Waals surface area contributed by atoms with Crippen LogP contribution in [0.5, 0.6) is 11.5 Å². The van der Waals surface area contributed by atoms with Crippen molar-refractivity contribution in [2.45, 2.75) is 19.2 Å². The summed E-state index contributed by atoms with van der Waals surface area (Å²) in [4.78, 5) is 11.0. The number of hydrogen-bond acceptors (Lipinski definition) is 3. The molecule has 4 nitrogen and oxygen atoms in total. The Bertz CT molecular complexity index is 610. The summed E-state index contributed by atoms with van der Waals surface area (Å²) < 4.78 is 48.6. The predicted molar refractivity (Wildman–Crippen MR) is 68.7 cm³/mol. The molecule has 2 rings (SSSR count). The first kappa shape index (κ1) is 15.5. The first-order valence-electron chi connectivity index (χ1n) is 5.88. The second-order valence-electron chi connectivity index (χ2n) is 4.20. The van der Waals surface area contributed by atoms with Gasteiger partial charge in [-0.1, -0.05) is 11.6 Å². The van der Waals surface area contributed by atoms with Crippen LogP contribution in [0.1, 0.15) is 12.5 Å². The molecule has 0 saturated carbocycles. The lowest BCUT2D eigenvalue weighted by Gasteiger charge is -2.27. The summed E-state index contributed by atoms with van der Waals surface area (Å²) in [5, 5.41) is 8.85. The third-order valence-corrected chi connectivity index (χ3v) is 3.01. The molecule has 114 valence electrons. The van der Waals surface area contributed by atoms with Gasteiger partial charge in [0.25, 0.3) is 0 Å². The van der Waals surface area contributed by atoms with Gasteiger partial charge in [0.15, 0.2) is 0 Å². The number of benzene rings is 1. The van der Waals surface area contributed by atoms with E-state index in [1.165, 1.54) is 12.1 Å². The Balaban J connectivity index is 2.55. The molecule has 1 aromatic carbocycles. The Kier molecular flexibility index (Phi) is 4.04. The highest BCUT2D eigenvalue weighted by atomic mass is 35.5. The van der Waals surface area contributed by atoms with Gasteiger partial charge in [0, 0.05) is 11.6 Å². The monoisotopic (exact) mass is 322 g/mol. The molecule has 0 saturated heterocycles. The molecule has 1 heterocycles. The van der Waals surface area contributed by atoms with Crippen LogP contribution in [0.2, 0.25) is 5.02 Å². The summed E-state index contributed by atoms with van der Waals surface area (Å²) in [5.41, 5.74) is -0.774. The van der Waals surface area contributed by atoms with Crippen molar-refractivity contribution in [3.8, 4) is 11.5 Å². The van der Waals surface area contributed by atoms with E-state index < -0.39 is 23.8 Å². The number of carboxylic acids is 1. The zero-order valence-corrected chi connectivity index (χ0v) is 11.5. The summed E-state index contributed by atoms with van der Waals surface area (Å²) in [6.07, 6.45) is -6.52. The first-order chi connectivity index (χ1) is 9.74. The van der Waals surface area contributed by atoms with Crippen LogP contribution >= 0.6 is 11.6 Å². The van der Waals surface area contributed by atoms with E-state index in [9.17, 15) is 18.0 Å². The number of ether oxygens (including phenoxy) is 2. The van der Waals surface area contributed by atoms with Gasteiger partial charge in [-0.3, -0.25) is 0 Å². The maximum atomic E-state index is 12.9. The van der Waals surface area contributed by atoms with Crippen molar-refractivity contribution in [1.82, 2.24) is 0 Å². The molecule has 0 spiro atoms. The van der Waals surface area contributed by atoms with E-state index in [0.29, 0.717) is 12.4 Å². The molecule has 21 heavy (non-hydrogen) atoms. The minimum atomic E-state index is -4.86. The van der Waals surface area contributed by atoms with Crippen LogP contribution in [0, 0.1) is 0 Å². The van der Waals surface area contributed by atoms with Crippen molar-refractivity contribution in [2.75, 3.05) is 6.61 Å². The van der Waals surface area contributed by atoms with Gasteiger partial charge in [0.05, 0.1) is 17.2 Å². The van der Waals surface area contributed by atoms with Gasteiger partial charge in [0.2, 0.25) is 6.10 Å². The molecule has 1 atom stereocenters. The molecule has 1 N–H and O–H groups in total. The fraction of sp³-hybridized carbons (Fsp3) is 0.308. The Hall–Kier alpha value is -1.89. The summed E-state index contributed by atoms with van der Waals surface area (Å²) in [6, 6.07) is 2.69. The standard InChI is InChI=1S/C13H10ClF3O4/c1-2-20-7-3-6-4-8(12(18)19)11(13(15,16)17)21-10(6)9(14)5-7/h3-5,11H,2H2,1H3,(H,18,19). The molecular formula is C13H10ClF3O4. The van der Waals surface area contributed by atoms with Crippen molar-refractivity contribution in [3.63, 3.8) is 0 Å². The van der Waals surface area contributed by atoms with Crippen LogP contribution in [-0.4, -0.2) is 30.0 Å². The molecule has 0 aliphatic carbocycles. The van der Waals surface area contributed by atoms with Crippen LogP contribution in [-0.2, 0) is 4.79 Å². The molecular weight excluding hydrogens is 313 g/mol. The third-order valence-electron chi connectivity index (χ3n) is 2.73. The van der Waals surface area contributed by atoms with Crippen molar-refractivity contribution >= 4 is 23.6 Å². The first-order valence-corrected chi connectivity index (χ1v) is 6.26. The molecule has 1 aliphatic heterocycles. The maximum absolute atomic E-state index is 12.9. The zero-order chi connectivity index (χ0) is 15.8. The number of hydrogen-bond donors (Lipinski definition) is 1. The Morgan fingerprint density at radius 2 is 2.14 bits per heavy atom. The largest absolute Gasteiger partial charge is 0.494 e. The zero-order valence-electron chi connectivity index (χ0n) is 10.7. The lowest BCUT2D eigenvalue weighted by atomic mass is 10.0. The molecule has 1 unspecified atom stereocenters. The van der Waals surface area contributed by atoms with Crippen LogP contribution < -0.4 is 9.47 Å². The summed E-state index contributed by atoms with van der Waals surface area (Å²) in [6.45, 7) is 2.05. The van der Waals surface area contributed by atoms with Gasteiger partial charge < -0.3 is 14.6 Å². The van der Waals surface area contributed by atoms with E-state index >= 15 is 0 Å². The van der Waals surface area contributed by atoms with Crippen molar-refractivity contribution in [3.05, 3.63) is 28.3 Å². The Morgan fingerprint density at radius 1 is 1.48 bits per heavy atom. The Labute approximate surface area is 122 Å². The average Bonchev–Trinajstić information content (AvgIpc) is 2.36. The average molecular weight is 323 g/mol. The van der Waals surface area contributed by atoms with Crippen LogP contribution in [0.15, 0.2) is 17.7 Å². The topological polar surface area (TPSA) is 55.8 Å². The molecule has 1 aliphatic rings. The van der Waals surface area contributed by atoms with Crippen molar-refractivity contribution in [1.29, 1.82) is 0 Å². The van der Waals surface area contributed by atoms with Crippen molar-refractivity contribution in [2.24, 2.45) is 0 Å². The molecule has 1 aromatic rings. The van der Waals surface area contributed by atoms with E-state index in [4.69, 9.17) is 26.2 Å². The summed E-state index contributed by atoms with van der Waals surface area (Å²) >= 11 is 5.88. The molecule has 0 radical (unpaired) electrons. The van der Waals surface area contributed by atoms with Crippen LogP contribution in [0.3, 0.4) is 0 Å². The fourth-order valence-electron chi connectivity index (χ4n) is 1.91. The quantitative estimate of drug-likeness (QED) is 0.925. The second-order valence-corrected chi connectivity index (χ2v) is 4.61. The van der Waals surface area contributed by atoms with Gasteiger partial charge >= 0.3 is 12.1 Å². The summed E-state index contributed by atoms with van der Waals surface area (Å²) in [5.74, 6) is -1.61. The van der Waals surface area contributed by atoms with E-state index in [0.717, 1.165) is 6.08 Å². The molecule has 0 fully saturated rings. The van der Waals surface area contributed by atoms with E-state index in [2.05, 4.69) is 0 Å². The van der Waals surface area contributed by atoms with E-state index in [1.807, 2.05) is 0 Å². The molecule has 0 bridgehead atoms. The van der Waals surface area contributed by atoms with Gasteiger partial charge in [0.1, 0.15) is 11.5 Å². The normalized spacial score (nSPS) is 17.6. The SMILES string of the molecule is CCOc1cc(Cl)c2c(c1)C=C(C(=O)O)C(C(F)(F)F)O2. The predicted octanol–water partition coefficient (Wildman–Crippen LogP) is 3.53. The number of fused-ring (bicyclic) bond motifs is 1. The molecule has 0 amide bonds. The number of carbonyl (C=O) groups is 1. The lowest BCUT2D eigenvalue weighted by Crippen LogP contribution is -2.40. The number of alkyl halides is 3. The third kappa shape index (κ3) is 3.07. The number of carboxylic acid groups (broad SMARTS) is 1. The second kappa shape index (κ2) is 5.48. The smallest absolute Gasteiger partial charge is 0.430 e. The number of aliphatic carboxylic acids is 1. The lowest BCUT2D eigenvalue weighted by molar-refractivity contribution is -0.187. The van der Waals surface area contributed by atoms with Crippen LogP contribution in [0.4, 0.5) is 13.2 Å². The maximum Gasteiger partial charge on any atom is 0.430 e. The van der Waals surface area contributed by atoms with E-state index in [-0.39, 0.29) is 16.3 Å². The fourth-order valence-corrected chi connectivity index (χ4v) is 2.17.